The fourth-order valence-corrected chi connectivity index (χ4v) is 0.895. The molecule has 0 aromatic carbocycles. The number of nitrogens with zero attached hydrogens (tertiary/aromatic N) is 1. The Morgan fingerprint density at radius 1 is 1.07 bits per heavy atom. The minimum atomic E-state index is -1.27. The molecule has 0 saturated heterocycles. The summed E-state index contributed by atoms with van der Waals surface area (Å²) in [5.74, 6) is -2.55. The van der Waals surface area contributed by atoms with E-state index in [2.05, 4.69) is 0 Å². The Bertz CT molecular complexity index is 161. The zero-order valence-electron chi connectivity index (χ0n) is 8.91. The molecule has 5 nitrogen and oxygen atoms in total. The van der Waals surface area contributed by atoms with Crippen LogP contribution in [0.25, 0.3) is 0 Å². The third kappa shape index (κ3) is 12.9. The molecule has 0 unspecified atom stereocenters. The van der Waals surface area contributed by atoms with E-state index >= 15 is 0 Å². The van der Waals surface area contributed by atoms with Crippen LogP contribution in [-0.4, -0.2) is 36.5 Å². The second kappa shape index (κ2) is 12.0. The van der Waals surface area contributed by atoms with Gasteiger partial charge in [-0.15, -0.1) is 0 Å². The molecule has 0 atom stereocenters. The molecule has 70 valence electrons. The van der Waals surface area contributed by atoms with E-state index in [0.717, 1.165) is 0 Å². The first-order chi connectivity index (χ1) is 5.56. The molecule has 0 aliphatic carbocycles. The van der Waals surface area contributed by atoms with E-state index in [4.69, 9.17) is 0 Å². The Kier molecular flexibility index (Phi) is 17.4. The van der Waals surface area contributed by atoms with E-state index < -0.39 is 11.9 Å². The van der Waals surface area contributed by atoms with Crippen LogP contribution in [0.2, 0.25) is 0 Å². The van der Waals surface area contributed by atoms with Crippen molar-refractivity contribution in [3.8, 4) is 0 Å². The predicted octanol–water partition coefficient (Wildman–Crippen LogP) is -8.79. The molecule has 0 aromatic rings. The second-order valence-corrected chi connectivity index (χ2v) is 2.45. The zero-order chi connectivity index (χ0) is 9.56. The molecule has 0 saturated carbocycles. The first-order valence-corrected chi connectivity index (χ1v) is 3.68. The quantitative estimate of drug-likeness (QED) is 0.414. The number of rotatable bonds is 6. The van der Waals surface area contributed by atoms with Gasteiger partial charge < -0.3 is 19.8 Å². The van der Waals surface area contributed by atoms with Crippen molar-refractivity contribution in [2.75, 3.05) is 19.6 Å². The van der Waals surface area contributed by atoms with Crippen LogP contribution in [0.15, 0.2) is 0 Å². The average Bonchev–Trinajstić information content (AvgIpc) is 1.84. The van der Waals surface area contributed by atoms with Crippen LogP contribution in [0.1, 0.15) is 13.3 Å². The van der Waals surface area contributed by atoms with Gasteiger partial charge in [0.05, 0.1) is 11.9 Å². The van der Waals surface area contributed by atoms with Gasteiger partial charge in [-0.1, -0.05) is 6.92 Å². The van der Waals surface area contributed by atoms with Crippen molar-refractivity contribution >= 4 is 11.9 Å². The van der Waals surface area contributed by atoms with Crippen LogP contribution >= 0.6 is 0 Å². The first kappa shape index (κ1) is 20.3. The Hall–Kier alpha value is 0.900. The molecule has 0 bridgehead atoms. The van der Waals surface area contributed by atoms with E-state index in [9.17, 15) is 19.8 Å². The second-order valence-electron chi connectivity index (χ2n) is 2.45. The summed E-state index contributed by atoms with van der Waals surface area (Å²) in [6, 6.07) is 0. The summed E-state index contributed by atoms with van der Waals surface area (Å²) in [6.07, 6.45) is 0.695. The van der Waals surface area contributed by atoms with Gasteiger partial charge in [0.25, 0.3) is 0 Å². The Labute approximate surface area is 127 Å². The van der Waals surface area contributed by atoms with Crippen molar-refractivity contribution < 1.29 is 78.9 Å². The van der Waals surface area contributed by atoms with Crippen LogP contribution in [-0.2, 0) is 9.59 Å². The molecular formula is C7H11NNa2O4. The summed E-state index contributed by atoms with van der Waals surface area (Å²) >= 11 is 0. The SMILES string of the molecule is CCCN(CC(=O)[O-])CC(=O)[O-].[Na+].[Na+]. The largest absolute Gasteiger partial charge is 1.00 e. The standard InChI is InChI=1S/C7H13NO4.2Na/c1-2-3-8(4-6(9)10)5-7(11)12;;/h2-5H2,1H3,(H,9,10)(H,11,12);;/q;2*+1/p-2. The van der Waals surface area contributed by atoms with Crippen LogP contribution in [0.4, 0.5) is 0 Å². The fraction of sp³-hybridized carbons (Fsp3) is 0.714. The molecule has 0 spiro atoms. The minimum Gasteiger partial charge on any atom is -0.549 e. The molecule has 0 heterocycles. The van der Waals surface area contributed by atoms with E-state index in [1.165, 1.54) is 4.90 Å². The number of carboxylic acid groups (broad SMARTS) is 2. The van der Waals surface area contributed by atoms with E-state index in [1.54, 1.807) is 0 Å². The third-order valence-corrected chi connectivity index (χ3v) is 1.25. The maximum atomic E-state index is 10.1. The van der Waals surface area contributed by atoms with Gasteiger partial charge in [-0.25, -0.2) is 0 Å². The van der Waals surface area contributed by atoms with Gasteiger partial charge in [0, 0.05) is 13.1 Å². The minimum absolute atomic E-state index is 0. The smallest absolute Gasteiger partial charge is 0.549 e. The van der Waals surface area contributed by atoms with Gasteiger partial charge in [-0.2, -0.15) is 0 Å². The summed E-state index contributed by atoms with van der Waals surface area (Å²) in [5.41, 5.74) is 0. The van der Waals surface area contributed by atoms with Crippen LogP contribution < -0.4 is 69.3 Å². The summed E-state index contributed by atoms with van der Waals surface area (Å²) in [5, 5.41) is 20.2. The number of carboxylic acids is 2. The topological polar surface area (TPSA) is 83.5 Å². The van der Waals surface area contributed by atoms with Crippen molar-refractivity contribution in [1.29, 1.82) is 0 Å². The number of hydrogen-bond donors (Lipinski definition) is 0. The van der Waals surface area contributed by atoms with E-state index in [0.29, 0.717) is 13.0 Å². The number of aliphatic carboxylic acids is 2. The summed E-state index contributed by atoms with van der Waals surface area (Å²) < 4.78 is 0. The number of hydrogen-bond acceptors (Lipinski definition) is 5. The zero-order valence-corrected chi connectivity index (χ0v) is 12.9. The summed E-state index contributed by atoms with van der Waals surface area (Å²) in [6.45, 7) is 1.53. The van der Waals surface area contributed by atoms with Crippen LogP contribution in [0.3, 0.4) is 0 Å². The maximum absolute atomic E-state index is 10.1. The predicted molar refractivity (Wildman–Crippen MR) is 36.7 cm³/mol. The molecule has 0 radical (unpaired) electrons. The molecule has 0 fully saturated rings. The van der Waals surface area contributed by atoms with Crippen LogP contribution in [0, 0.1) is 0 Å². The first-order valence-electron chi connectivity index (χ1n) is 3.68. The van der Waals surface area contributed by atoms with Gasteiger partial charge in [-0.05, 0) is 13.0 Å². The van der Waals surface area contributed by atoms with Crippen molar-refractivity contribution in [1.82, 2.24) is 4.90 Å². The molecule has 0 rings (SSSR count). The van der Waals surface area contributed by atoms with Gasteiger partial charge in [-0.3, -0.25) is 4.90 Å². The molecule has 14 heavy (non-hydrogen) atoms. The fourth-order valence-electron chi connectivity index (χ4n) is 0.895. The van der Waals surface area contributed by atoms with Gasteiger partial charge in [0.1, 0.15) is 0 Å². The van der Waals surface area contributed by atoms with Gasteiger partial charge >= 0.3 is 59.1 Å². The number of carbonyl (C=O) groups excluding carboxylic acids is 2. The normalized spacial score (nSPS) is 8.71. The average molecular weight is 219 g/mol. The molecule has 7 heteroatoms. The molecule has 0 aromatic heterocycles. The van der Waals surface area contributed by atoms with Crippen molar-refractivity contribution in [3.63, 3.8) is 0 Å². The maximum Gasteiger partial charge on any atom is 1.00 e. The summed E-state index contributed by atoms with van der Waals surface area (Å²) in [7, 11) is 0. The molecule has 0 aliphatic rings. The Morgan fingerprint density at radius 2 is 1.43 bits per heavy atom. The van der Waals surface area contributed by atoms with E-state index in [-0.39, 0.29) is 72.2 Å². The monoisotopic (exact) mass is 219 g/mol. The molecule has 0 aliphatic heterocycles. The Morgan fingerprint density at radius 3 is 1.64 bits per heavy atom. The van der Waals surface area contributed by atoms with Gasteiger partial charge in [0.2, 0.25) is 0 Å². The van der Waals surface area contributed by atoms with E-state index in [1.807, 2.05) is 6.92 Å². The third-order valence-electron chi connectivity index (χ3n) is 1.25. The van der Waals surface area contributed by atoms with Crippen LogP contribution in [0.5, 0.6) is 0 Å². The van der Waals surface area contributed by atoms with Gasteiger partial charge in [0.15, 0.2) is 0 Å². The molecule has 0 N–H and O–H groups in total. The van der Waals surface area contributed by atoms with Crippen molar-refractivity contribution in [2.24, 2.45) is 0 Å². The Balaban J connectivity index is -0.000000605. The molecular weight excluding hydrogens is 208 g/mol. The van der Waals surface area contributed by atoms with Crippen molar-refractivity contribution in [2.45, 2.75) is 13.3 Å². The summed E-state index contributed by atoms with van der Waals surface area (Å²) in [4.78, 5) is 21.5. The van der Waals surface area contributed by atoms with Crippen molar-refractivity contribution in [3.05, 3.63) is 0 Å². The number of carbonyl (C=O) groups is 2. The molecule has 0 amide bonds.